The van der Waals surface area contributed by atoms with Crippen molar-refractivity contribution >= 4 is 5.91 Å². The van der Waals surface area contributed by atoms with Gasteiger partial charge in [0.05, 0.1) is 13.2 Å². The molecule has 4 heteroatoms. The van der Waals surface area contributed by atoms with Gasteiger partial charge in [0.15, 0.2) is 11.5 Å². The summed E-state index contributed by atoms with van der Waals surface area (Å²) in [6, 6.07) is 5.42. The van der Waals surface area contributed by atoms with Crippen LogP contribution < -0.4 is 14.8 Å². The first-order valence-electron chi connectivity index (χ1n) is 8.15. The van der Waals surface area contributed by atoms with E-state index in [0.29, 0.717) is 18.0 Å². The third-order valence-electron chi connectivity index (χ3n) is 3.96. The molecule has 1 heterocycles. The quantitative estimate of drug-likeness (QED) is 0.920. The minimum Gasteiger partial charge on any atom is -0.493 e. The van der Waals surface area contributed by atoms with Crippen LogP contribution in [0.3, 0.4) is 0 Å². The third kappa shape index (κ3) is 2.74. The highest BCUT2D eigenvalue weighted by Gasteiger charge is 2.25. The number of rotatable bonds is 4. The molecular weight excluding hydrogens is 254 g/mol. The molecule has 0 radical (unpaired) electrons. The molecule has 0 spiro atoms. The Hall–Kier alpha value is -1.71. The Bertz CT molecular complexity index is 571. The van der Waals surface area contributed by atoms with E-state index in [0.717, 1.165) is 18.4 Å². The second-order valence-corrected chi connectivity index (χ2v) is 5.34. The number of carbonyl (C=O) groups is 1. The van der Waals surface area contributed by atoms with E-state index in [1.54, 1.807) is 13.2 Å². The van der Waals surface area contributed by atoms with Gasteiger partial charge in [-0.05, 0) is 43.4 Å². The van der Waals surface area contributed by atoms with Crippen molar-refractivity contribution in [3.63, 3.8) is 0 Å². The largest absolute Gasteiger partial charge is 0.493 e. The van der Waals surface area contributed by atoms with E-state index in [-0.39, 0.29) is 6.10 Å². The van der Waals surface area contributed by atoms with Gasteiger partial charge in [-0.1, -0.05) is 6.07 Å². The molecule has 0 aromatic heterocycles. The van der Waals surface area contributed by atoms with E-state index in [2.05, 4.69) is 5.32 Å². The van der Waals surface area contributed by atoms with E-state index >= 15 is 0 Å². The molecule has 1 aliphatic heterocycles. The van der Waals surface area contributed by atoms with E-state index in [4.69, 9.17) is 12.2 Å². The number of methoxy groups -OCH3 is 1. The molecule has 108 valence electrons. The normalized spacial score (nSPS) is 26.9. The number of ether oxygens (including phenoxy) is 2. The zero-order valence-electron chi connectivity index (χ0n) is 13.6. The molecule has 1 amide bonds. The summed E-state index contributed by atoms with van der Waals surface area (Å²) in [6.07, 6.45) is 2.74. The monoisotopic (exact) mass is 277 g/mol. The molecule has 1 N–H and O–H groups in total. The van der Waals surface area contributed by atoms with Gasteiger partial charge in [0.1, 0.15) is 0 Å². The summed E-state index contributed by atoms with van der Waals surface area (Å²) >= 11 is 0. The SMILES string of the molecule is [2H]C1([2H])C(=O)NCC1c1ccc(OC)c(OC2CCCC2)c1. The van der Waals surface area contributed by atoms with Gasteiger partial charge in [-0.2, -0.15) is 0 Å². The number of hydrogen-bond acceptors (Lipinski definition) is 3. The Labute approximate surface area is 122 Å². The van der Waals surface area contributed by atoms with Crippen molar-refractivity contribution in [2.75, 3.05) is 13.7 Å². The molecule has 20 heavy (non-hydrogen) atoms. The summed E-state index contributed by atoms with van der Waals surface area (Å²) < 4.78 is 27.3. The molecular formula is C16H21NO3. The first-order valence-corrected chi connectivity index (χ1v) is 7.15. The van der Waals surface area contributed by atoms with E-state index < -0.39 is 18.2 Å². The highest BCUT2D eigenvalue weighted by molar-refractivity contribution is 5.79. The van der Waals surface area contributed by atoms with Gasteiger partial charge in [0, 0.05) is 21.6 Å². The molecule has 2 aliphatic rings. The zero-order chi connectivity index (χ0) is 15.7. The average Bonchev–Trinajstić information content (AvgIpc) is 3.08. The first kappa shape index (κ1) is 11.0. The Morgan fingerprint density at radius 3 is 2.75 bits per heavy atom. The summed E-state index contributed by atoms with van der Waals surface area (Å²) in [4.78, 5) is 11.6. The molecule has 3 rings (SSSR count). The van der Waals surface area contributed by atoms with Gasteiger partial charge in [-0.15, -0.1) is 0 Å². The average molecular weight is 277 g/mol. The zero-order valence-corrected chi connectivity index (χ0v) is 11.6. The van der Waals surface area contributed by atoms with Crippen LogP contribution in [0.1, 0.15) is 46.3 Å². The number of benzene rings is 1. The smallest absolute Gasteiger partial charge is 0.220 e. The maximum Gasteiger partial charge on any atom is 0.220 e. The van der Waals surface area contributed by atoms with Gasteiger partial charge in [-0.3, -0.25) is 4.79 Å². The maximum absolute atomic E-state index is 11.6. The molecule has 1 aliphatic carbocycles. The highest BCUT2D eigenvalue weighted by Crippen LogP contribution is 2.35. The highest BCUT2D eigenvalue weighted by atomic mass is 16.5. The van der Waals surface area contributed by atoms with Gasteiger partial charge < -0.3 is 14.8 Å². The van der Waals surface area contributed by atoms with Gasteiger partial charge >= 0.3 is 0 Å². The number of nitrogens with one attached hydrogen (secondary N) is 1. The van der Waals surface area contributed by atoms with Crippen LogP contribution in [-0.4, -0.2) is 25.7 Å². The van der Waals surface area contributed by atoms with Crippen LogP contribution in [0.5, 0.6) is 11.5 Å². The van der Waals surface area contributed by atoms with E-state index in [9.17, 15) is 4.79 Å². The molecule has 2 fully saturated rings. The van der Waals surface area contributed by atoms with Crippen LogP contribution in [0.25, 0.3) is 0 Å². The van der Waals surface area contributed by atoms with Crippen molar-refractivity contribution in [2.45, 2.75) is 44.1 Å². The molecule has 1 saturated heterocycles. The van der Waals surface area contributed by atoms with Crippen molar-refractivity contribution < 1.29 is 17.0 Å². The molecule has 1 aromatic rings. The van der Waals surface area contributed by atoms with Crippen LogP contribution in [0.4, 0.5) is 0 Å². The second-order valence-electron chi connectivity index (χ2n) is 5.34. The topological polar surface area (TPSA) is 47.6 Å². The number of carbonyl (C=O) groups excluding carboxylic acids is 1. The minimum absolute atomic E-state index is 0.198. The van der Waals surface area contributed by atoms with E-state index in [1.165, 1.54) is 12.8 Å². The first-order chi connectivity index (χ1) is 10.5. The minimum atomic E-state index is -1.89. The van der Waals surface area contributed by atoms with Crippen LogP contribution in [-0.2, 0) is 4.79 Å². The van der Waals surface area contributed by atoms with Crippen molar-refractivity contribution in [3.8, 4) is 11.5 Å². The predicted octanol–water partition coefficient (Wildman–Crippen LogP) is 2.62. The fourth-order valence-electron chi connectivity index (χ4n) is 2.84. The molecule has 1 aromatic carbocycles. The van der Waals surface area contributed by atoms with Crippen LogP contribution in [0.2, 0.25) is 0 Å². The Morgan fingerprint density at radius 2 is 2.10 bits per heavy atom. The second kappa shape index (κ2) is 5.73. The number of hydrogen-bond donors (Lipinski definition) is 1. The molecule has 0 bridgehead atoms. The van der Waals surface area contributed by atoms with Crippen molar-refractivity contribution in [2.24, 2.45) is 0 Å². The van der Waals surface area contributed by atoms with Gasteiger partial charge in [0.25, 0.3) is 0 Å². The Kier molecular flexibility index (Phi) is 3.15. The van der Waals surface area contributed by atoms with Crippen LogP contribution >= 0.6 is 0 Å². The third-order valence-corrected chi connectivity index (χ3v) is 3.96. The van der Waals surface area contributed by atoms with Crippen LogP contribution in [0, 0.1) is 0 Å². The maximum atomic E-state index is 11.6. The lowest BCUT2D eigenvalue weighted by Gasteiger charge is -2.18. The fraction of sp³-hybridized carbons (Fsp3) is 0.562. The standard InChI is InChI=1S/C16H21NO3/c1-19-14-7-6-11(12-9-16(18)17-10-12)8-15(14)20-13-4-2-3-5-13/h6-8,12-13H,2-5,9-10H2,1H3,(H,17,18)/i9D2. The summed E-state index contributed by atoms with van der Waals surface area (Å²) in [5.74, 6) is 0.235. The molecule has 4 nitrogen and oxygen atoms in total. The molecule has 1 saturated carbocycles. The van der Waals surface area contributed by atoms with E-state index in [1.807, 2.05) is 12.1 Å². The summed E-state index contributed by atoms with van der Waals surface area (Å²) in [5, 5.41) is 2.59. The number of amides is 1. The summed E-state index contributed by atoms with van der Waals surface area (Å²) in [5.41, 5.74) is 0.761. The van der Waals surface area contributed by atoms with Gasteiger partial charge in [0.2, 0.25) is 5.91 Å². The van der Waals surface area contributed by atoms with Crippen LogP contribution in [0.15, 0.2) is 18.2 Å². The molecule has 1 unspecified atom stereocenters. The lowest BCUT2D eigenvalue weighted by Crippen LogP contribution is -2.14. The summed E-state index contributed by atoms with van der Waals surface area (Å²) in [6.45, 7) is 0.307. The van der Waals surface area contributed by atoms with Crippen molar-refractivity contribution in [1.29, 1.82) is 0 Å². The fourth-order valence-corrected chi connectivity index (χ4v) is 2.84. The Morgan fingerprint density at radius 1 is 1.30 bits per heavy atom. The molecule has 1 atom stereocenters. The lowest BCUT2D eigenvalue weighted by molar-refractivity contribution is -0.119. The van der Waals surface area contributed by atoms with Crippen molar-refractivity contribution in [3.05, 3.63) is 23.8 Å². The van der Waals surface area contributed by atoms with Gasteiger partial charge in [-0.25, -0.2) is 0 Å². The summed E-state index contributed by atoms with van der Waals surface area (Å²) in [7, 11) is 1.59. The van der Waals surface area contributed by atoms with Crippen molar-refractivity contribution in [1.82, 2.24) is 5.32 Å². The Balaban J connectivity index is 1.88. The predicted molar refractivity (Wildman–Crippen MR) is 76.2 cm³/mol. The lowest BCUT2D eigenvalue weighted by atomic mass is 9.98.